The summed E-state index contributed by atoms with van der Waals surface area (Å²) in [5, 5.41) is 3.13. The summed E-state index contributed by atoms with van der Waals surface area (Å²) < 4.78 is 32.3. The van der Waals surface area contributed by atoms with Crippen LogP contribution in [0.1, 0.15) is 18.1 Å². The summed E-state index contributed by atoms with van der Waals surface area (Å²) in [6.07, 6.45) is 0. The van der Waals surface area contributed by atoms with E-state index in [0.29, 0.717) is 23.6 Å². The van der Waals surface area contributed by atoms with Gasteiger partial charge >= 0.3 is 0 Å². The first-order chi connectivity index (χ1) is 9.58. The van der Waals surface area contributed by atoms with Crippen molar-refractivity contribution in [3.63, 3.8) is 0 Å². The predicted molar refractivity (Wildman–Crippen MR) is 75.0 cm³/mol. The van der Waals surface area contributed by atoms with Gasteiger partial charge in [-0.25, -0.2) is 8.78 Å². The molecule has 1 N–H and O–H groups in total. The Balaban J connectivity index is 2.19. The lowest BCUT2D eigenvalue weighted by Gasteiger charge is -2.09. The van der Waals surface area contributed by atoms with Crippen molar-refractivity contribution in [2.45, 2.75) is 20.4 Å². The molecule has 0 heterocycles. The van der Waals surface area contributed by atoms with Crippen molar-refractivity contribution >= 4 is 0 Å². The van der Waals surface area contributed by atoms with Gasteiger partial charge in [0.1, 0.15) is 23.1 Å². The maximum atomic E-state index is 13.5. The minimum absolute atomic E-state index is 0.288. The number of rotatable bonds is 5. The monoisotopic (exact) mass is 277 g/mol. The Morgan fingerprint density at radius 3 is 2.55 bits per heavy atom. The van der Waals surface area contributed by atoms with E-state index < -0.39 is 0 Å². The van der Waals surface area contributed by atoms with Crippen LogP contribution in [0, 0.1) is 18.6 Å². The van der Waals surface area contributed by atoms with E-state index in [1.54, 1.807) is 19.1 Å². The lowest BCUT2D eigenvalue weighted by Crippen LogP contribution is -2.11. The first-order valence-electron chi connectivity index (χ1n) is 6.52. The SMILES string of the molecule is CCNCc1cc(F)cc(Oc2ccc(F)c(C)c2)c1. The second kappa shape index (κ2) is 6.48. The molecule has 0 aliphatic heterocycles. The maximum absolute atomic E-state index is 13.5. The largest absolute Gasteiger partial charge is 0.457 e. The molecule has 0 saturated heterocycles. The van der Waals surface area contributed by atoms with Crippen molar-refractivity contribution < 1.29 is 13.5 Å². The van der Waals surface area contributed by atoms with Crippen molar-refractivity contribution in [1.82, 2.24) is 5.32 Å². The van der Waals surface area contributed by atoms with Crippen LogP contribution in [0.25, 0.3) is 0 Å². The van der Waals surface area contributed by atoms with Crippen LogP contribution in [0.3, 0.4) is 0 Å². The molecular weight excluding hydrogens is 260 g/mol. The molecule has 0 amide bonds. The summed E-state index contributed by atoms with van der Waals surface area (Å²) in [5.74, 6) is 0.256. The van der Waals surface area contributed by atoms with E-state index in [1.807, 2.05) is 6.92 Å². The zero-order chi connectivity index (χ0) is 14.5. The fourth-order valence-corrected chi connectivity index (χ4v) is 1.87. The van der Waals surface area contributed by atoms with E-state index in [-0.39, 0.29) is 11.6 Å². The summed E-state index contributed by atoms with van der Waals surface area (Å²) in [4.78, 5) is 0. The highest BCUT2D eigenvalue weighted by molar-refractivity contribution is 5.36. The van der Waals surface area contributed by atoms with Gasteiger partial charge in [0.2, 0.25) is 0 Å². The molecule has 0 aliphatic rings. The summed E-state index contributed by atoms with van der Waals surface area (Å²) in [7, 11) is 0. The zero-order valence-corrected chi connectivity index (χ0v) is 11.5. The van der Waals surface area contributed by atoms with Gasteiger partial charge in [0.15, 0.2) is 0 Å². The van der Waals surface area contributed by atoms with Crippen LogP contribution in [0.15, 0.2) is 36.4 Å². The van der Waals surface area contributed by atoms with Crippen molar-refractivity contribution in [2.75, 3.05) is 6.54 Å². The average molecular weight is 277 g/mol. The van der Waals surface area contributed by atoms with Gasteiger partial charge in [-0.05, 0) is 54.9 Å². The van der Waals surface area contributed by atoms with Crippen LogP contribution >= 0.6 is 0 Å². The van der Waals surface area contributed by atoms with Gasteiger partial charge in [-0.3, -0.25) is 0 Å². The Morgan fingerprint density at radius 1 is 1.05 bits per heavy atom. The van der Waals surface area contributed by atoms with Gasteiger partial charge in [0.05, 0.1) is 0 Å². The molecule has 0 aromatic heterocycles. The Morgan fingerprint density at radius 2 is 1.85 bits per heavy atom. The summed E-state index contributed by atoms with van der Waals surface area (Å²) in [6.45, 7) is 5.03. The molecule has 0 atom stereocenters. The molecule has 0 bridgehead atoms. The standard InChI is InChI=1S/C16H17F2NO/c1-3-19-10-12-7-13(17)9-15(8-12)20-14-4-5-16(18)11(2)6-14/h4-9,19H,3,10H2,1-2H3. The van der Waals surface area contributed by atoms with Crippen molar-refractivity contribution in [1.29, 1.82) is 0 Å². The molecule has 0 fully saturated rings. The van der Waals surface area contributed by atoms with Crippen LogP contribution in [-0.4, -0.2) is 6.54 Å². The molecule has 0 aliphatic carbocycles. The fourth-order valence-electron chi connectivity index (χ4n) is 1.87. The second-order valence-electron chi connectivity index (χ2n) is 4.59. The van der Waals surface area contributed by atoms with E-state index in [0.717, 1.165) is 12.1 Å². The Hall–Kier alpha value is -1.94. The van der Waals surface area contributed by atoms with Crippen LogP contribution in [0.4, 0.5) is 8.78 Å². The Labute approximate surface area is 117 Å². The van der Waals surface area contributed by atoms with Gasteiger partial charge in [-0.15, -0.1) is 0 Å². The number of hydrogen-bond acceptors (Lipinski definition) is 2. The van der Waals surface area contributed by atoms with Crippen LogP contribution in [0.2, 0.25) is 0 Å². The molecule has 4 heteroatoms. The second-order valence-corrected chi connectivity index (χ2v) is 4.59. The maximum Gasteiger partial charge on any atom is 0.130 e. The normalized spacial score (nSPS) is 10.6. The third-order valence-electron chi connectivity index (χ3n) is 2.88. The summed E-state index contributed by atoms with van der Waals surface area (Å²) >= 11 is 0. The quantitative estimate of drug-likeness (QED) is 0.885. The molecule has 0 unspecified atom stereocenters. The number of hydrogen-bond donors (Lipinski definition) is 1. The highest BCUT2D eigenvalue weighted by Gasteiger charge is 2.05. The molecule has 2 aromatic rings. The highest BCUT2D eigenvalue weighted by atomic mass is 19.1. The number of aryl methyl sites for hydroxylation is 1. The first kappa shape index (κ1) is 14.5. The molecule has 0 radical (unpaired) electrons. The van der Waals surface area contributed by atoms with Crippen molar-refractivity contribution in [2.24, 2.45) is 0 Å². The van der Waals surface area contributed by atoms with Gasteiger partial charge in [-0.2, -0.15) is 0 Å². The Kier molecular flexibility index (Phi) is 4.69. The minimum Gasteiger partial charge on any atom is -0.457 e. The first-order valence-corrected chi connectivity index (χ1v) is 6.52. The van der Waals surface area contributed by atoms with Gasteiger partial charge in [0, 0.05) is 12.6 Å². The Bertz CT molecular complexity index is 599. The predicted octanol–water partition coefficient (Wildman–Crippen LogP) is 4.18. The van der Waals surface area contributed by atoms with Crippen molar-refractivity contribution in [3.8, 4) is 11.5 Å². The van der Waals surface area contributed by atoms with Gasteiger partial charge in [-0.1, -0.05) is 6.92 Å². The van der Waals surface area contributed by atoms with Crippen LogP contribution in [-0.2, 0) is 6.54 Å². The fraction of sp³-hybridized carbons (Fsp3) is 0.250. The van der Waals surface area contributed by atoms with E-state index in [4.69, 9.17) is 4.74 Å². The number of halogens is 2. The summed E-state index contributed by atoms with van der Waals surface area (Å²) in [5.41, 5.74) is 1.30. The average Bonchev–Trinajstić information content (AvgIpc) is 2.40. The van der Waals surface area contributed by atoms with E-state index in [1.165, 1.54) is 24.3 Å². The lowest BCUT2D eigenvalue weighted by molar-refractivity contribution is 0.472. The molecule has 2 aromatic carbocycles. The lowest BCUT2D eigenvalue weighted by atomic mass is 10.2. The minimum atomic E-state index is -0.353. The molecule has 106 valence electrons. The topological polar surface area (TPSA) is 21.3 Å². The molecule has 20 heavy (non-hydrogen) atoms. The number of ether oxygens (including phenoxy) is 1. The third kappa shape index (κ3) is 3.78. The molecule has 0 saturated carbocycles. The van der Waals surface area contributed by atoms with E-state index >= 15 is 0 Å². The smallest absolute Gasteiger partial charge is 0.130 e. The van der Waals surface area contributed by atoms with E-state index in [9.17, 15) is 8.78 Å². The zero-order valence-electron chi connectivity index (χ0n) is 11.5. The van der Waals surface area contributed by atoms with Crippen LogP contribution in [0.5, 0.6) is 11.5 Å². The molecular formula is C16H17F2NO. The van der Waals surface area contributed by atoms with Gasteiger partial charge in [0.25, 0.3) is 0 Å². The molecule has 0 spiro atoms. The number of nitrogens with one attached hydrogen (secondary N) is 1. The van der Waals surface area contributed by atoms with Crippen LogP contribution < -0.4 is 10.1 Å². The van der Waals surface area contributed by atoms with Gasteiger partial charge < -0.3 is 10.1 Å². The molecule has 2 nitrogen and oxygen atoms in total. The third-order valence-corrected chi connectivity index (χ3v) is 2.88. The highest BCUT2D eigenvalue weighted by Crippen LogP contribution is 2.25. The summed E-state index contributed by atoms with van der Waals surface area (Å²) in [6, 6.07) is 8.99. The van der Waals surface area contributed by atoms with Crippen molar-refractivity contribution in [3.05, 3.63) is 59.2 Å². The number of benzene rings is 2. The van der Waals surface area contributed by atoms with E-state index in [2.05, 4.69) is 5.32 Å². The molecule has 2 rings (SSSR count).